The molecule has 140 valence electrons. The van der Waals surface area contributed by atoms with Crippen LogP contribution in [0.2, 0.25) is 0 Å². The monoisotopic (exact) mass is 330 g/mol. The fourth-order valence-electron chi connectivity index (χ4n) is 2.09. The van der Waals surface area contributed by atoms with Gasteiger partial charge in [-0.3, -0.25) is 9.59 Å². The van der Waals surface area contributed by atoms with Crippen LogP contribution in [0.5, 0.6) is 0 Å². The van der Waals surface area contributed by atoms with Crippen LogP contribution in [0.1, 0.15) is 88.0 Å². The Hall–Kier alpha value is -0.900. The molecule has 0 fully saturated rings. The second kappa shape index (κ2) is 17.5. The van der Waals surface area contributed by atoms with E-state index < -0.39 is 0 Å². The van der Waals surface area contributed by atoms with E-state index in [1.165, 1.54) is 0 Å². The highest BCUT2D eigenvalue weighted by Crippen LogP contribution is 2.19. The smallest absolute Gasteiger partial charge is 0.219 e. The molecule has 0 saturated carbocycles. The number of carbonyl (C=O) groups is 2. The first-order chi connectivity index (χ1) is 10.8. The van der Waals surface area contributed by atoms with Crippen molar-refractivity contribution in [2.75, 3.05) is 13.1 Å². The van der Waals surface area contributed by atoms with Crippen LogP contribution in [-0.4, -0.2) is 30.8 Å². The summed E-state index contributed by atoms with van der Waals surface area (Å²) in [5.74, 6) is 0.310. The van der Waals surface area contributed by atoms with Crippen molar-refractivity contribution in [2.45, 2.75) is 94.0 Å². The Morgan fingerprint density at radius 1 is 0.913 bits per heavy atom. The molecule has 0 aliphatic heterocycles. The molecular weight excluding hydrogens is 288 g/mol. The summed E-state index contributed by atoms with van der Waals surface area (Å²) < 4.78 is 0. The van der Waals surface area contributed by atoms with Gasteiger partial charge in [0.05, 0.1) is 6.04 Å². The number of rotatable bonds is 9. The third-order valence-electron chi connectivity index (χ3n) is 3.12. The molecule has 0 saturated heterocycles. The highest BCUT2D eigenvalue weighted by molar-refractivity contribution is 5.82. The maximum Gasteiger partial charge on any atom is 0.219 e. The molecule has 2 N–H and O–H groups in total. The van der Waals surface area contributed by atoms with Crippen molar-refractivity contribution in [1.82, 2.24) is 10.6 Å². The zero-order valence-corrected chi connectivity index (χ0v) is 17.1. The summed E-state index contributed by atoms with van der Waals surface area (Å²) in [7, 11) is 0. The summed E-state index contributed by atoms with van der Waals surface area (Å²) in [6.45, 7) is 19.3. The van der Waals surface area contributed by atoms with Gasteiger partial charge in [0.1, 0.15) is 5.78 Å². The molecule has 4 nitrogen and oxygen atoms in total. The number of amides is 1. The third kappa shape index (κ3) is 17.3. The van der Waals surface area contributed by atoms with E-state index in [1.807, 2.05) is 34.6 Å². The molecule has 4 heteroatoms. The van der Waals surface area contributed by atoms with Gasteiger partial charge in [0.15, 0.2) is 0 Å². The molecule has 23 heavy (non-hydrogen) atoms. The van der Waals surface area contributed by atoms with Crippen molar-refractivity contribution >= 4 is 11.7 Å². The molecule has 0 heterocycles. The highest BCUT2D eigenvalue weighted by Gasteiger charge is 2.27. The predicted molar refractivity (Wildman–Crippen MR) is 102 cm³/mol. The number of Topliss-reactive ketones (excluding diaryl/α,β-unsaturated/α-hetero) is 1. The lowest BCUT2D eigenvalue weighted by atomic mass is 9.84. The van der Waals surface area contributed by atoms with Crippen LogP contribution in [0, 0.1) is 5.41 Å². The van der Waals surface area contributed by atoms with Crippen molar-refractivity contribution in [2.24, 2.45) is 5.41 Å². The van der Waals surface area contributed by atoms with Crippen LogP contribution in [-0.2, 0) is 9.59 Å². The molecule has 0 bridgehead atoms. The first kappa shape index (κ1) is 27.0. The zero-order chi connectivity index (χ0) is 18.9. The molecule has 0 aliphatic carbocycles. The molecule has 0 aromatic heterocycles. The predicted octanol–water partition coefficient (Wildman–Crippen LogP) is 4.33. The average Bonchev–Trinajstić information content (AvgIpc) is 2.51. The lowest BCUT2D eigenvalue weighted by molar-refractivity contribution is -0.122. The van der Waals surface area contributed by atoms with E-state index in [2.05, 4.69) is 31.4 Å². The van der Waals surface area contributed by atoms with Gasteiger partial charge in [-0.05, 0) is 31.7 Å². The van der Waals surface area contributed by atoms with Crippen LogP contribution in [0.3, 0.4) is 0 Å². The third-order valence-corrected chi connectivity index (χ3v) is 3.12. The number of carbonyl (C=O) groups excluding carboxylic acids is 2. The van der Waals surface area contributed by atoms with Crippen molar-refractivity contribution < 1.29 is 9.59 Å². The number of ketones is 1. The Morgan fingerprint density at radius 2 is 1.39 bits per heavy atom. The van der Waals surface area contributed by atoms with Crippen molar-refractivity contribution in [3.05, 3.63) is 0 Å². The molecule has 0 spiro atoms. The molecule has 1 unspecified atom stereocenters. The lowest BCUT2D eigenvalue weighted by Crippen LogP contribution is -2.45. The van der Waals surface area contributed by atoms with E-state index in [-0.39, 0.29) is 23.1 Å². The molecule has 0 aromatic rings. The van der Waals surface area contributed by atoms with Crippen LogP contribution in [0.25, 0.3) is 0 Å². The number of unbranched alkanes of at least 4 members (excludes halogenated alkanes) is 2. The van der Waals surface area contributed by atoms with Crippen molar-refractivity contribution in [3.63, 3.8) is 0 Å². The van der Waals surface area contributed by atoms with Crippen LogP contribution in [0.15, 0.2) is 0 Å². The van der Waals surface area contributed by atoms with E-state index in [0.29, 0.717) is 6.42 Å². The standard InChI is InChI=1S/C15H30N2O2.2C2H6/c1-6-13(19)16-10-8-7-9-11-17-14(12(2)18)15(3,4)5;2*1-2/h14,17H,6-11H2,1-5H3,(H,16,19);2*1-2H3. The summed E-state index contributed by atoms with van der Waals surface area (Å²) in [5.41, 5.74) is -0.0407. The minimum Gasteiger partial charge on any atom is -0.356 e. The van der Waals surface area contributed by atoms with Gasteiger partial charge >= 0.3 is 0 Å². The van der Waals surface area contributed by atoms with Gasteiger partial charge in [-0.2, -0.15) is 0 Å². The van der Waals surface area contributed by atoms with E-state index in [1.54, 1.807) is 6.92 Å². The highest BCUT2D eigenvalue weighted by atomic mass is 16.1. The molecule has 0 rings (SSSR count). The van der Waals surface area contributed by atoms with Gasteiger partial charge in [0.2, 0.25) is 5.91 Å². The second-order valence-corrected chi connectivity index (χ2v) is 6.13. The summed E-state index contributed by atoms with van der Waals surface area (Å²) >= 11 is 0. The maximum absolute atomic E-state index is 11.6. The Bertz CT molecular complexity index is 284. The molecule has 1 amide bonds. The Balaban J connectivity index is -0.000000919. The minimum atomic E-state index is -0.0766. The van der Waals surface area contributed by atoms with Crippen LogP contribution < -0.4 is 10.6 Å². The van der Waals surface area contributed by atoms with Gasteiger partial charge in [-0.25, -0.2) is 0 Å². The molecule has 1 atom stereocenters. The number of hydrogen-bond acceptors (Lipinski definition) is 3. The van der Waals surface area contributed by atoms with Gasteiger partial charge < -0.3 is 10.6 Å². The van der Waals surface area contributed by atoms with Gasteiger partial charge in [-0.15, -0.1) is 0 Å². The van der Waals surface area contributed by atoms with Crippen molar-refractivity contribution in [1.29, 1.82) is 0 Å². The topological polar surface area (TPSA) is 58.2 Å². The zero-order valence-electron chi connectivity index (χ0n) is 17.1. The molecule has 0 aliphatic rings. The van der Waals surface area contributed by atoms with Crippen molar-refractivity contribution in [3.8, 4) is 0 Å². The van der Waals surface area contributed by atoms with Gasteiger partial charge in [0, 0.05) is 13.0 Å². The minimum absolute atomic E-state index is 0.0407. The van der Waals surface area contributed by atoms with E-state index >= 15 is 0 Å². The first-order valence-electron chi connectivity index (χ1n) is 9.29. The molecule has 0 radical (unpaired) electrons. The summed E-state index contributed by atoms with van der Waals surface area (Å²) in [6.07, 6.45) is 3.63. The van der Waals surface area contributed by atoms with Crippen LogP contribution in [0.4, 0.5) is 0 Å². The first-order valence-corrected chi connectivity index (χ1v) is 9.29. The summed E-state index contributed by atoms with van der Waals surface area (Å²) in [4.78, 5) is 22.6. The number of nitrogens with one attached hydrogen (secondary N) is 2. The van der Waals surface area contributed by atoms with E-state index in [9.17, 15) is 9.59 Å². The number of hydrogen-bond donors (Lipinski definition) is 2. The Labute approximate surface area is 145 Å². The van der Waals surface area contributed by atoms with Crippen LogP contribution >= 0.6 is 0 Å². The largest absolute Gasteiger partial charge is 0.356 e. The van der Waals surface area contributed by atoms with Gasteiger partial charge in [0.25, 0.3) is 0 Å². The maximum atomic E-state index is 11.6. The fraction of sp³-hybridized carbons (Fsp3) is 0.895. The SMILES string of the molecule is CC.CC.CCC(=O)NCCCCCNC(C(C)=O)C(C)(C)C. The quantitative estimate of drug-likeness (QED) is 0.619. The second-order valence-electron chi connectivity index (χ2n) is 6.13. The van der Waals surface area contributed by atoms with Gasteiger partial charge in [-0.1, -0.05) is 61.8 Å². The Kier molecular flexibility index (Phi) is 20.5. The average molecular weight is 331 g/mol. The Morgan fingerprint density at radius 3 is 1.78 bits per heavy atom. The fourth-order valence-corrected chi connectivity index (χ4v) is 2.09. The van der Waals surface area contributed by atoms with E-state index in [4.69, 9.17) is 0 Å². The lowest BCUT2D eigenvalue weighted by Gasteiger charge is -2.29. The summed E-state index contributed by atoms with van der Waals surface area (Å²) in [5, 5.41) is 6.19. The normalized spacial score (nSPS) is 11.3. The van der Waals surface area contributed by atoms with E-state index in [0.717, 1.165) is 32.4 Å². The summed E-state index contributed by atoms with van der Waals surface area (Å²) in [6, 6.07) is -0.0766. The molecular formula is C19H42N2O2. The molecule has 0 aromatic carbocycles.